The molecule has 5 heteroatoms. The monoisotopic (exact) mass is 299 g/mol. The van der Waals surface area contributed by atoms with Crippen LogP contribution in [0, 0.1) is 17.8 Å². The van der Waals surface area contributed by atoms with Crippen molar-refractivity contribution in [3.05, 3.63) is 0 Å². The maximum absolute atomic E-state index is 12.1. The highest BCUT2D eigenvalue weighted by atomic mass is 16.2. The van der Waals surface area contributed by atoms with Crippen LogP contribution in [0.3, 0.4) is 0 Å². The summed E-state index contributed by atoms with van der Waals surface area (Å²) in [6.45, 7) is 9.90. The first-order valence-corrected chi connectivity index (χ1v) is 8.13. The first kappa shape index (κ1) is 19.9. The third kappa shape index (κ3) is 10.3. The Morgan fingerprint density at radius 2 is 1.62 bits per heavy atom. The van der Waals surface area contributed by atoms with Gasteiger partial charge in [-0.1, -0.05) is 34.1 Å². The van der Waals surface area contributed by atoms with E-state index in [4.69, 9.17) is 5.73 Å². The molecular weight excluding hydrogens is 266 g/mol. The van der Waals surface area contributed by atoms with E-state index in [2.05, 4.69) is 24.5 Å². The molecule has 0 aromatic carbocycles. The van der Waals surface area contributed by atoms with Crippen molar-refractivity contribution < 1.29 is 9.59 Å². The van der Waals surface area contributed by atoms with Crippen LogP contribution in [0.2, 0.25) is 0 Å². The highest BCUT2D eigenvalue weighted by molar-refractivity contribution is 5.81. The number of nitrogens with one attached hydrogen (secondary N) is 2. The second kappa shape index (κ2) is 11.5. The van der Waals surface area contributed by atoms with Gasteiger partial charge in [0.05, 0.1) is 5.92 Å². The smallest absolute Gasteiger partial charge is 0.225 e. The molecule has 0 aliphatic carbocycles. The average molecular weight is 299 g/mol. The van der Waals surface area contributed by atoms with Crippen molar-refractivity contribution in [1.29, 1.82) is 0 Å². The summed E-state index contributed by atoms with van der Waals surface area (Å²) in [5.41, 5.74) is 5.42. The van der Waals surface area contributed by atoms with Gasteiger partial charge in [0.25, 0.3) is 0 Å². The molecule has 0 fully saturated rings. The number of carbonyl (C=O) groups excluding carboxylic acids is 2. The van der Waals surface area contributed by atoms with Crippen molar-refractivity contribution in [2.75, 3.05) is 19.6 Å². The van der Waals surface area contributed by atoms with Gasteiger partial charge in [0.15, 0.2) is 0 Å². The Kier molecular flexibility index (Phi) is 10.9. The van der Waals surface area contributed by atoms with E-state index in [0.29, 0.717) is 32.0 Å². The fraction of sp³-hybridized carbons (Fsp3) is 0.875. The quantitative estimate of drug-likeness (QED) is 0.507. The van der Waals surface area contributed by atoms with Crippen LogP contribution in [0.25, 0.3) is 0 Å². The van der Waals surface area contributed by atoms with Crippen LogP contribution in [0.5, 0.6) is 0 Å². The first-order chi connectivity index (χ1) is 9.88. The van der Waals surface area contributed by atoms with Gasteiger partial charge in [0, 0.05) is 19.5 Å². The number of unbranched alkanes of at least 4 members (excludes halogenated alkanes) is 2. The van der Waals surface area contributed by atoms with E-state index in [1.807, 2.05) is 13.8 Å². The summed E-state index contributed by atoms with van der Waals surface area (Å²) in [6, 6.07) is 0. The number of carbonyl (C=O) groups is 2. The lowest BCUT2D eigenvalue weighted by Crippen LogP contribution is -2.42. The molecule has 1 atom stereocenters. The van der Waals surface area contributed by atoms with E-state index in [1.54, 1.807) is 0 Å². The van der Waals surface area contributed by atoms with Gasteiger partial charge < -0.3 is 16.4 Å². The Hall–Kier alpha value is -1.10. The Bertz CT molecular complexity index is 304. The van der Waals surface area contributed by atoms with E-state index < -0.39 is 0 Å². The van der Waals surface area contributed by atoms with Crippen molar-refractivity contribution in [3.63, 3.8) is 0 Å². The van der Waals surface area contributed by atoms with Crippen molar-refractivity contribution in [1.82, 2.24) is 10.6 Å². The third-order valence-electron chi connectivity index (χ3n) is 3.45. The number of amides is 2. The zero-order valence-corrected chi connectivity index (χ0v) is 14.1. The molecular formula is C16H33N3O2. The topological polar surface area (TPSA) is 84.2 Å². The fourth-order valence-electron chi connectivity index (χ4n) is 1.99. The van der Waals surface area contributed by atoms with Crippen LogP contribution in [0.1, 0.15) is 53.4 Å². The molecule has 0 unspecified atom stereocenters. The van der Waals surface area contributed by atoms with E-state index in [0.717, 1.165) is 19.3 Å². The summed E-state index contributed by atoms with van der Waals surface area (Å²) in [5.74, 6) is 0.516. The van der Waals surface area contributed by atoms with Crippen molar-refractivity contribution in [2.45, 2.75) is 53.4 Å². The molecule has 0 bridgehead atoms. The Balaban J connectivity index is 4.08. The fourth-order valence-corrected chi connectivity index (χ4v) is 1.99. The van der Waals surface area contributed by atoms with Gasteiger partial charge >= 0.3 is 0 Å². The summed E-state index contributed by atoms with van der Waals surface area (Å²) < 4.78 is 0. The van der Waals surface area contributed by atoms with Gasteiger partial charge in [-0.15, -0.1) is 0 Å². The van der Waals surface area contributed by atoms with Crippen LogP contribution >= 0.6 is 0 Å². The lowest BCUT2D eigenvalue weighted by molar-refractivity contribution is -0.127. The molecule has 0 aromatic heterocycles. The highest BCUT2D eigenvalue weighted by Gasteiger charge is 2.22. The van der Waals surface area contributed by atoms with Crippen LogP contribution in [-0.2, 0) is 9.59 Å². The van der Waals surface area contributed by atoms with E-state index >= 15 is 0 Å². The van der Waals surface area contributed by atoms with Gasteiger partial charge in [0.1, 0.15) is 0 Å². The maximum Gasteiger partial charge on any atom is 0.225 e. The molecule has 0 saturated heterocycles. The molecule has 5 nitrogen and oxygen atoms in total. The molecule has 0 radical (unpaired) electrons. The van der Waals surface area contributed by atoms with Crippen LogP contribution in [0.15, 0.2) is 0 Å². The summed E-state index contributed by atoms with van der Waals surface area (Å²) in [5, 5.41) is 5.82. The van der Waals surface area contributed by atoms with Gasteiger partial charge in [-0.05, 0) is 31.2 Å². The van der Waals surface area contributed by atoms with Gasteiger partial charge in [-0.25, -0.2) is 0 Å². The molecule has 0 aromatic rings. The number of nitrogens with two attached hydrogens (primary N) is 1. The minimum absolute atomic E-state index is 0.0225. The van der Waals surface area contributed by atoms with E-state index in [9.17, 15) is 9.59 Å². The number of hydrogen-bond acceptors (Lipinski definition) is 3. The lowest BCUT2D eigenvalue weighted by Gasteiger charge is -2.21. The molecule has 4 N–H and O–H groups in total. The SMILES string of the molecule is CC(C)CNC(=O)[C@@H](CNC(=O)CCCCCN)C(C)C. The van der Waals surface area contributed by atoms with Crippen LogP contribution in [-0.4, -0.2) is 31.4 Å². The number of hydrogen-bond donors (Lipinski definition) is 3. The summed E-state index contributed by atoms with van der Waals surface area (Å²) in [4.78, 5) is 23.9. The summed E-state index contributed by atoms with van der Waals surface area (Å²) >= 11 is 0. The van der Waals surface area contributed by atoms with Crippen molar-refractivity contribution in [2.24, 2.45) is 23.5 Å². The predicted molar refractivity (Wildman–Crippen MR) is 86.7 cm³/mol. The minimum Gasteiger partial charge on any atom is -0.356 e. The third-order valence-corrected chi connectivity index (χ3v) is 3.45. The predicted octanol–water partition coefficient (Wildman–Crippen LogP) is 1.67. The summed E-state index contributed by atoms with van der Waals surface area (Å²) in [7, 11) is 0. The zero-order chi connectivity index (χ0) is 16.3. The molecule has 0 heterocycles. The van der Waals surface area contributed by atoms with Gasteiger partial charge in [-0.2, -0.15) is 0 Å². The molecule has 124 valence electrons. The Morgan fingerprint density at radius 1 is 0.952 bits per heavy atom. The van der Waals surface area contributed by atoms with Crippen molar-refractivity contribution >= 4 is 11.8 Å². The first-order valence-electron chi connectivity index (χ1n) is 8.13. The number of rotatable bonds is 11. The Labute approximate surface area is 129 Å². The van der Waals surface area contributed by atoms with Crippen LogP contribution in [0.4, 0.5) is 0 Å². The molecule has 2 amide bonds. The Morgan fingerprint density at radius 3 is 2.14 bits per heavy atom. The molecule has 0 aliphatic heterocycles. The molecule has 21 heavy (non-hydrogen) atoms. The maximum atomic E-state index is 12.1. The van der Waals surface area contributed by atoms with E-state index in [-0.39, 0.29) is 23.7 Å². The zero-order valence-electron chi connectivity index (χ0n) is 14.1. The highest BCUT2D eigenvalue weighted by Crippen LogP contribution is 2.10. The minimum atomic E-state index is -0.170. The van der Waals surface area contributed by atoms with Crippen LogP contribution < -0.4 is 16.4 Å². The average Bonchev–Trinajstić information content (AvgIpc) is 2.41. The second-order valence-corrected chi connectivity index (χ2v) is 6.39. The van der Waals surface area contributed by atoms with Gasteiger partial charge in [-0.3, -0.25) is 9.59 Å². The normalized spacial score (nSPS) is 12.5. The standard InChI is InChI=1S/C16H33N3O2/c1-12(2)10-19-16(21)14(13(3)4)11-18-15(20)8-6-5-7-9-17/h12-14H,5-11,17H2,1-4H3,(H,18,20)(H,19,21)/t14-/m0/s1. The van der Waals surface area contributed by atoms with Gasteiger partial charge in [0.2, 0.25) is 11.8 Å². The lowest BCUT2D eigenvalue weighted by atomic mass is 9.94. The second-order valence-electron chi connectivity index (χ2n) is 6.39. The van der Waals surface area contributed by atoms with Crippen molar-refractivity contribution in [3.8, 4) is 0 Å². The molecule has 0 rings (SSSR count). The molecule has 0 spiro atoms. The molecule has 0 aliphatic rings. The molecule has 0 saturated carbocycles. The summed E-state index contributed by atoms with van der Waals surface area (Å²) in [6.07, 6.45) is 3.30. The van der Waals surface area contributed by atoms with E-state index in [1.165, 1.54) is 0 Å². The largest absolute Gasteiger partial charge is 0.356 e.